The van der Waals surface area contributed by atoms with Crippen LogP contribution in [0, 0.1) is 4.77 Å². The van der Waals surface area contributed by atoms with Gasteiger partial charge in [0.15, 0.2) is 5.82 Å². The lowest BCUT2D eigenvalue weighted by Gasteiger charge is -2.03. The molecule has 4 nitrogen and oxygen atoms in total. The first-order chi connectivity index (χ1) is 6.81. The highest BCUT2D eigenvalue weighted by Crippen LogP contribution is 2.25. The number of ether oxygens (including phenoxy) is 1. The van der Waals surface area contributed by atoms with E-state index in [0.717, 1.165) is 11.3 Å². The highest BCUT2D eigenvalue weighted by atomic mass is 32.1. The topological polar surface area (TPSA) is 53.7 Å². The van der Waals surface area contributed by atoms with Crippen molar-refractivity contribution in [1.29, 1.82) is 0 Å². The molecule has 1 heterocycles. The Labute approximate surface area is 85.9 Å². The molecule has 0 saturated heterocycles. The molecule has 0 amide bonds. The number of benzene rings is 1. The first-order valence-corrected chi connectivity index (χ1v) is 4.50. The number of nitrogens with one attached hydrogen (secondary N) is 2. The van der Waals surface area contributed by atoms with Crippen LogP contribution in [0.25, 0.3) is 11.4 Å². The predicted molar refractivity (Wildman–Crippen MR) is 55.8 cm³/mol. The van der Waals surface area contributed by atoms with E-state index >= 15 is 0 Å². The van der Waals surface area contributed by atoms with E-state index in [2.05, 4.69) is 15.2 Å². The van der Waals surface area contributed by atoms with Crippen molar-refractivity contribution in [2.24, 2.45) is 0 Å². The van der Waals surface area contributed by atoms with Crippen molar-refractivity contribution in [3.8, 4) is 17.1 Å². The maximum Gasteiger partial charge on any atom is 0.213 e. The molecule has 1 aromatic heterocycles. The van der Waals surface area contributed by atoms with Crippen LogP contribution in [0.3, 0.4) is 0 Å². The molecule has 0 bridgehead atoms. The quantitative estimate of drug-likeness (QED) is 0.742. The Balaban J connectivity index is 2.55. The second-order valence-corrected chi connectivity index (χ2v) is 3.10. The highest BCUT2D eigenvalue weighted by molar-refractivity contribution is 7.71. The van der Waals surface area contributed by atoms with Crippen molar-refractivity contribution in [2.45, 2.75) is 0 Å². The van der Waals surface area contributed by atoms with Crippen molar-refractivity contribution in [3.05, 3.63) is 29.0 Å². The molecule has 0 unspecified atom stereocenters. The van der Waals surface area contributed by atoms with Gasteiger partial charge in [0.25, 0.3) is 0 Å². The van der Waals surface area contributed by atoms with Gasteiger partial charge in [0, 0.05) is 0 Å². The van der Waals surface area contributed by atoms with Gasteiger partial charge in [0.2, 0.25) is 4.77 Å². The minimum atomic E-state index is 0.436. The molecular formula is C9H9N3OS. The van der Waals surface area contributed by atoms with Crippen molar-refractivity contribution in [1.82, 2.24) is 15.2 Å². The summed E-state index contributed by atoms with van der Waals surface area (Å²) < 4.78 is 5.64. The molecule has 72 valence electrons. The summed E-state index contributed by atoms with van der Waals surface area (Å²) in [6.45, 7) is 0. The Morgan fingerprint density at radius 3 is 2.71 bits per heavy atom. The largest absolute Gasteiger partial charge is 0.496 e. The Hall–Kier alpha value is -1.62. The standard InChI is InChI=1S/C9H9N3OS/c1-13-7-5-3-2-4-6(7)8-10-9(14)12-11-8/h2-5H,1H3,(H2,10,11,12,14). The van der Waals surface area contributed by atoms with Crippen molar-refractivity contribution < 1.29 is 4.74 Å². The zero-order chi connectivity index (χ0) is 9.97. The van der Waals surface area contributed by atoms with Gasteiger partial charge < -0.3 is 4.74 Å². The van der Waals surface area contributed by atoms with E-state index < -0.39 is 0 Å². The average molecular weight is 207 g/mol. The van der Waals surface area contributed by atoms with Gasteiger partial charge in [0.1, 0.15) is 5.75 Å². The maximum atomic E-state index is 5.20. The number of H-pyrrole nitrogens is 2. The van der Waals surface area contributed by atoms with E-state index in [-0.39, 0.29) is 0 Å². The number of hydrogen-bond donors (Lipinski definition) is 2. The smallest absolute Gasteiger partial charge is 0.213 e. The average Bonchev–Trinajstić information content (AvgIpc) is 2.65. The lowest BCUT2D eigenvalue weighted by Crippen LogP contribution is -1.88. The predicted octanol–water partition coefficient (Wildman–Crippen LogP) is 2.14. The molecule has 5 heteroatoms. The van der Waals surface area contributed by atoms with Crippen molar-refractivity contribution in [2.75, 3.05) is 7.11 Å². The van der Waals surface area contributed by atoms with Gasteiger partial charge in [0.05, 0.1) is 12.7 Å². The molecule has 14 heavy (non-hydrogen) atoms. The molecule has 0 aliphatic carbocycles. The fourth-order valence-electron chi connectivity index (χ4n) is 1.24. The van der Waals surface area contributed by atoms with Gasteiger partial charge in [-0.2, -0.15) is 4.98 Å². The van der Waals surface area contributed by atoms with Crippen molar-refractivity contribution >= 4 is 12.2 Å². The summed E-state index contributed by atoms with van der Waals surface area (Å²) in [5.74, 6) is 1.46. The lowest BCUT2D eigenvalue weighted by atomic mass is 10.2. The van der Waals surface area contributed by atoms with Crippen LogP contribution in [0.1, 0.15) is 0 Å². The van der Waals surface area contributed by atoms with Crippen LogP contribution < -0.4 is 4.74 Å². The number of rotatable bonds is 2. The molecule has 0 atom stereocenters. The van der Waals surface area contributed by atoms with E-state index in [1.165, 1.54) is 0 Å². The zero-order valence-corrected chi connectivity index (χ0v) is 8.39. The van der Waals surface area contributed by atoms with Gasteiger partial charge in [-0.1, -0.05) is 12.1 Å². The van der Waals surface area contributed by atoms with Crippen LogP contribution in [0.4, 0.5) is 0 Å². The van der Waals surface area contributed by atoms with E-state index in [4.69, 9.17) is 17.0 Å². The summed E-state index contributed by atoms with van der Waals surface area (Å²) in [4.78, 5) is 4.11. The van der Waals surface area contributed by atoms with Crippen LogP contribution in [0.5, 0.6) is 5.75 Å². The van der Waals surface area contributed by atoms with Gasteiger partial charge >= 0.3 is 0 Å². The van der Waals surface area contributed by atoms with E-state index in [0.29, 0.717) is 10.6 Å². The number of hydrogen-bond acceptors (Lipinski definition) is 3. The van der Waals surface area contributed by atoms with Crippen LogP contribution in [0.2, 0.25) is 0 Å². The molecule has 2 aromatic rings. The first kappa shape index (κ1) is 8.96. The van der Waals surface area contributed by atoms with Crippen LogP contribution in [0.15, 0.2) is 24.3 Å². The van der Waals surface area contributed by atoms with E-state index in [1.54, 1.807) is 7.11 Å². The lowest BCUT2D eigenvalue weighted by molar-refractivity contribution is 0.416. The number of aromatic amines is 2. The van der Waals surface area contributed by atoms with E-state index in [9.17, 15) is 0 Å². The fraction of sp³-hybridized carbons (Fsp3) is 0.111. The molecule has 0 spiro atoms. The minimum absolute atomic E-state index is 0.436. The van der Waals surface area contributed by atoms with Gasteiger partial charge in [-0.3, -0.25) is 10.2 Å². The number of nitrogens with zero attached hydrogens (tertiary/aromatic N) is 1. The summed E-state index contributed by atoms with van der Waals surface area (Å²) >= 11 is 4.87. The summed E-state index contributed by atoms with van der Waals surface area (Å²) in [5.41, 5.74) is 0.891. The normalized spacial score (nSPS) is 10.1. The Bertz CT molecular complexity index is 489. The molecule has 0 fully saturated rings. The second-order valence-electron chi connectivity index (χ2n) is 2.72. The minimum Gasteiger partial charge on any atom is -0.496 e. The van der Waals surface area contributed by atoms with E-state index in [1.807, 2.05) is 24.3 Å². The number of aromatic nitrogens is 3. The molecule has 0 radical (unpaired) electrons. The van der Waals surface area contributed by atoms with Crippen molar-refractivity contribution in [3.63, 3.8) is 0 Å². The molecular weight excluding hydrogens is 198 g/mol. The number of para-hydroxylation sites is 1. The van der Waals surface area contributed by atoms with Gasteiger partial charge in [-0.15, -0.1) is 0 Å². The Morgan fingerprint density at radius 1 is 1.29 bits per heavy atom. The molecule has 2 N–H and O–H groups in total. The van der Waals surface area contributed by atoms with Gasteiger partial charge in [-0.05, 0) is 24.4 Å². The zero-order valence-electron chi connectivity index (χ0n) is 7.57. The molecule has 0 aliphatic rings. The second kappa shape index (κ2) is 3.63. The third-order valence-corrected chi connectivity index (χ3v) is 2.06. The van der Waals surface area contributed by atoms with Crippen LogP contribution in [-0.4, -0.2) is 22.3 Å². The number of methoxy groups -OCH3 is 1. The summed E-state index contributed by atoms with van der Waals surface area (Å²) in [6, 6.07) is 7.62. The molecule has 0 saturated carbocycles. The first-order valence-electron chi connectivity index (χ1n) is 4.09. The third-order valence-electron chi connectivity index (χ3n) is 1.86. The Morgan fingerprint density at radius 2 is 2.07 bits per heavy atom. The Kier molecular flexibility index (Phi) is 2.32. The molecule has 0 aliphatic heterocycles. The molecule has 1 aromatic carbocycles. The molecule has 2 rings (SSSR count). The SMILES string of the molecule is COc1ccccc1-c1nc(=S)[nH][nH]1. The van der Waals surface area contributed by atoms with Crippen LogP contribution >= 0.6 is 12.2 Å². The fourth-order valence-corrected chi connectivity index (χ4v) is 1.38. The summed E-state index contributed by atoms with van der Waals surface area (Å²) in [7, 11) is 1.63. The maximum absolute atomic E-state index is 5.20. The summed E-state index contributed by atoms with van der Waals surface area (Å²) in [6.07, 6.45) is 0. The monoisotopic (exact) mass is 207 g/mol. The highest BCUT2D eigenvalue weighted by Gasteiger charge is 2.06. The third kappa shape index (κ3) is 1.54. The summed E-state index contributed by atoms with van der Waals surface area (Å²) in [5, 5.41) is 5.62. The van der Waals surface area contributed by atoms with Gasteiger partial charge in [-0.25, -0.2) is 0 Å². The van der Waals surface area contributed by atoms with Crippen LogP contribution in [-0.2, 0) is 0 Å².